The highest BCUT2D eigenvalue weighted by molar-refractivity contribution is 6.47. The largest absolute Gasteiger partial charge is 0.412 e. The van der Waals surface area contributed by atoms with Crippen molar-refractivity contribution in [3.05, 3.63) is 29.8 Å². The molecule has 11 heavy (non-hydrogen) atoms. The highest BCUT2D eigenvalue weighted by Gasteiger charge is 1.97. The zero-order valence-corrected chi connectivity index (χ0v) is 7.92. The van der Waals surface area contributed by atoms with E-state index >= 15 is 0 Å². The molecular weight excluding hydrogens is 152 g/mol. The van der Waals surface area contributed by atoms with Gasteiger partial charge in [0, 0.05) is 6.61 Å². The highest BCUT2D eigenvalue weighted by Crippen LogP contribution is 1.91. The van der Waals surface area contributed by atoms with E-state index in [4.69, 9.17) is 4.43 Å². The molecule has 0 atom stereocenters. The third-order valence-corrected chi connectivity index (χ3v) is 2.69. The van der Waals surface area contributed by atoms with Crippen LogP contribution in [0.25, 0.3) is 0 Å². The molecule has 1 aromatic rings. The van der Waals surface area contributed by atoms with Crippen molar-refractivity contribution in [1.29, 1.82) is 0 Å². The molecule has 0 N–H and O–H groups in total. The Morgan fingerprint density at radius 2 is 2.09 bits per heavy atom. The van der Waals surface area contributed by atoms with Crippen LogP contribution < -0.4 is 5.19 Å². The molecule has 0 fully saturated rings. The zero-order valence-electron chi connectivity index (χ0n) is 6.92. The minimum atomic E-state index is 0.503. The Kier molecular flexibility index (Phi) is 3.33. The fourth-order valence-electron chi connectivity index (χ4n) is 0.837. The average molecular weight is 164 g/mol. The molecule has 0 spiro atoms. The topological polar surface area (TPSA) is 9.23 Å². The van der Waals surface area contributed by atoms with Gasteiger partial charge >= 0.3 is 0 Å². The van der Waals surface area contributed by atoms with Crippen LogP contribution in [0.1, 0.15) is 12.5 Å². The Labute approximate surface area is 70.3 Å². The zero-order chi connectivity index (χ0) is 8.10. The Bertz CT molecular complexity index is 223. The van der Waals surface area contributed by atoms with Crippen molar-refractivity contribution in [3.8, 4) is 0 Å². The maximum absolute atomic E-state index is 5.33. The molecule has 0 unspecified atom stereocenters. The lowest BCUT2D eigenvalue weighted by Crippen LogP contribution is -2.19. The summed E-state index contributed by atoms with van der Waals surface area (Å²) in [6.45, 7) is 4.93. The van der Waals surface area contributed by atoms with Crippen LogP contribution in [0.5, 0.6) is 0 Å². The lowest BCUT2D eigenvalue weighted by Gasteiger charge is -2.01. The standard InChI is InChI=1S/C9H12OSi/c1-3-10-11-9-7-5-4-6-8(9)2/h4-7H,3H2,1-2H3. The smallest absolute Gasteiger partial charge is 0.268 e. The first kappa shape index (κ1) is 8.49. The molecule has 1 rings (SSSR count). The summed E-state index contributed by atoms with van der Waals surface area (Å²) in [5.74, 6) is 0. The second-order valence-corrected chi connectivity index (χ2v) is 3.38. The molecule has 0 amide bonds. The normalized spacial score (nSPS) is 10.0. The second kappa shape index (κ2) is 4.31. The monoisotopic (exact) mass is 164 g/mol. The Morgan fingerprint density at radius 1 is 1.36 bits per heavy atom. The summed E-state index contributed by atoms with van der Waals surface area (Å²) in [6.07, 6.45) is 0. The van der Waals surface area contributed by atoms with E-state index in [0.29, 0.717) is 9.76 Å². The molecule has 0 saturated heterocycles. The van der Waals surface area contributed by atoms with Gasteiger partial charge in [-0.05, 0) is 24.6 Å². The van der Waals surface area contributed by atoms with Gasteiger partial charge in [0.05, 0.1) is 0 Å². The fraction of sp³-hybridized carbons (Fsp3) is 0.333. The summed E-state index contributed by atoms with van der Waals surface area (Å²) in [6, 6.07) is 8.33. The van der Waals surface area contributed by atoms with Crippen molar-refractivity contribution < 1.29 is 4.43 Å². The Balaban J connectivity index is 2.62. The molecule has 1 aromatic carbocycles. The Morgan fingerprint density at radius 3 is 2.73 bits per heavy atom. The molecule has 0 saturated carbocycles. The first-order chi connectivity index (χ1) is 5.34. The van der Waals surface area contributed by atoms with Crippen molar-refractivity contribution >= 4 is 14.9 Å². The van der Waals surface area contributed by atoms with Gasteiger partial charge in [-0.25, -0.2) is 0 Å². The molecule has 58 valence electrons. The first-order valence-electron chi connectivity index (χ1n) is 3.78. The van der Waals surface area contributed by atoms with Crippen LogP contribution in [0.2, 0.25) is 0 Å². The van der Waals surface area contributed by atoms with Crippen LogP contribution in [0.4, 0.5) is 0 Å². The third kappa shape index (κ3) is 2.48. The quantitative estimate of drug-likeness (QED) is 0.611. The predicted molar refractivity (Wildman–Crippen MR) is 48.2 cm³/mol. The van der Waals surface area contributed by atoms with Crippen molar-refractivity contribution in [2.75, 3.05) is 6.61 Å². The summed E-state index contributed by atoms with van der Waals surface area (Å²) in [5, 5.41) is 1.31. The molecule has 0 aliphatic rings. The van der Waals surface area contributed by atoms with Gasteiger partial charge in [0.25, 0.3) is 9.76 Å². The molecule has 0 aromatic heterocycles. The van der Waals surface area contributed by atoms with Crippen molar-refractivity contribution in [1.82, 2.24) is 0 Å². The van der Waals surface area contributed by atoms with Crippen LogP contribution in [0, 0.1) is 6.92 Å². The van der Waals surface area contributed by atoms with Gasteiger partial charge in [0.1, 0.15) is 0 Å². The van der Waals surface area contributed by atoms with E-state index in [-0.39, 0.29) is 0 Å². The van der Waals surface area contributed by atoms with E-state index in [1.807, 2.05) is 13.0 Å². The van der Waals surface area contributed by atoms with Gasteiger partial charge in [0.2, 0.25) is 0 Å². The summed E-state index contributed by atoms with van der Waals surface area (Å²) in [5.41, 5.74) is 1.32. The van der Waals surface area contributed by atoms with Gasteiger partial charge in [-0.3, -0.25) is 0 Å². The van der Waals surface area contributed by atoms with E-state index in [0.717, 1.165) is 6.61 Å². The van der Waals surface area contributed by atoms with Crippen LogP contribution in [-0.4, -0.2) is 16.4 Å². The molecule has 1 nitrogen and oxygen atoms in total. The number of hydrogen-bond acceptors (Lipinski definition) is 1. The second-order valence-electron chi connectivity index (χ2n) is 2.35. The van der Waals surface area contributed by atoms with Crippen molar-refractivity contribution in [2.24, 2.45) is 0 Å². The van der Waals surface area contributed by atoms with Gasteiger partial charge in [-0.2, -0.15) is 0 Å². The lowest BCUT2D eigenvalue weighted by atomic mass is 10.2. The highest BCUT2D eigenvalue weighted by atomic mass is 28.2. The van der Waals surface area contributed by atoms with E-state index in [9.17, 15) is 0 Å². The molecule has 0 heterocycles. The van der Waals surface area contributed by atoms with Crippen LogP contribution >= 0.6 is 0 Å². The van der Waals surface area contributed by atoms with Gasteiger partial charge < -0.3 is 4.43 Å². The first-order valence-corrected chi connectivity index (χ1v) is 4.69. The van der Waals surface area contributed by atoms with E-state index < -0.39 is 0 Å². The van der Waals surface area contributed by atoms with Crippen LogP contribution in [-0.2, 0) is 4.43 Å². The minimum Gasteiger partial charge on any atom is -0.412 e. The molecular formula is C9H12OSi. The van der Waals surface area contributed by atoms with E-state index in [1.165, 1.54) is 10.8 Å². The Hall–Kier alpha value is -0.603. The molecule has 0 aliphatic carbocycles. The fourth-order valence-corrected chi connectivity index (χ4v) is 1.55. The predicted octanol–water partition coefficient (Wildman–Crippen LogP) is 1.28. The number of rotatable bonds is 3. The van der Waals surface area contributed by atoms with Gasteiger partial charge in [-0.1, -0.05) is 24.3 Å². The van der Waals surface area contributed by atoms with E-state index in [1.54, 1.807) is 0 Å². The summed E-state index contributed by atoms with van der Waals surface area (Å²) in [4.78, 5) is 0. The van der Waals surface area contributed by atoms with Crippen LogP contribution in [0.3, 0.4) is 0 Å². The van der Waals surface area contributed by atoms with E-state index in [2.05, 4.69) is 25.1 Å². The maximum atomic E-state index is 5.33. The van der Waals surface area contributed by atoms with Crippen molar-refractivity contribution in [3.63, 3.8) is 0 Å². The van der Waals surface area contributed by atoms with Crippen LogP contribution in [0.15, 0.2) is 24.3 Å². The lowest BCUT2D eigenvalue weighted by molar-refractivity contribution is 0.367. The van der Waals surface area contributed by atoms with Gasteiger partial charge in [0.15, 0.2) is 0 Å². The van der Waals surface area contributed by atoms with Gasteiger partial charge in [-0.15, -0.1) is 0 Å². The third-order valence-electron chi connectivity index (χ3n) is 1.47. The van der Waals surface area contributed by atoms with Crippen molar-refractivity contribution in [2.45, 2.75) is 13.8 Å². The summed E-state index contributed by atoms with van der Waals surface area (Å²) < 4.78 is 5.33. The number of aryl methyl sites for hydroxylation is 1. The SMILES string of the molecule is CCO[Si]c1ccccc1C. The number of benzene rings is 1. The average Bonchev–Trinajstić information content (AvgIpc) is 2.03. The summed E-state index contributed by atoms with van der Waals surface area (Å²) in [7, 11) is 0.503. The molecule has 0 aliphatic heterocycles. The molecule has 2 heteroatoms. The molecule has 2 radical (unpaired) electrons. The maximum Gasteiger partial charge on any atom is 0.268 e. The number of hydrogen-bond donors (Lipinski definition) is 0. The summed E-state index contributed by atoms with van der Waals surface area (Å²) >= 11 is 0. The minimum absolute atomic E-state index is 0.503. The molecule has 0 bridgehead atoms.